The monoisotopic (exact) mass is 244 g/mol. The standard InChI is InChI=1S/C11H10O3S.Na/c1-8-6-10(15(12,13)14)7-9-4-2-3-5-11(8)9;/h2-7H,1H3,(H,12,13,14);/q;+1/p-1. The predicted molar refractivity (Wildman–Crippen MR) is 56.6 cm³/mol. The topological polar surface area (TPSA) is 57.2 Å². The minimum absolute atomic E-state index is 0. The van der Waals surface area contributed by atoms with Crippen LogP contribution in [0.25, 0.3) is 10.8 Å². The molecule has 2 aromatic rings. The molecule has 0 unspecified atom stereocenters. The van der Waals surface area contributed by atoms with Gasteiger partial charge in [0.25, 0.3) is 0 Å². The van der Waals surface area contributed by atoms with Crippen molar-refractivity contribution in [3.8, 4) is 0 Å². The van der Waals surface area contributed by atoms with E-state index in [1.165, 1.54) is 12.1 Å². The van der Waals surface area contributed by atoms with Crippen molar-refractivity contribution >= 4 is 20.9 Å². The van der Waals surface area contributed by atoms with Gasteiger partial charge < -0.3 is 4.55 Å². The zero-order valence-corrected chi connectivity index (χ0v) is 11.9. The zero-order valence-electron chi connectivity index (χ0n) is 9.10. The fourth-order valence-corrected chi connectivity index (χ4v) is 2.20. The zero-order chi connectivity index (χ0) is 11.1. The van der Waals surface area contributed by atoms with Gasteiger partial charge in [0.1, 0.15) is 10.1 Å². The molecule has 3 nitrogen and oxygen atoms in total. The van der Waals surface area contributed by atoms with Crippen LogP contribution in [0.1, 0.15) is 5.56 Å². The molecule has 0 aromatic heterocycles. The Hall–Kier alpha value is -0.390. The van der Waals surface area contributed by atoms with E-state index in [1.807, 2.05) is 18.2 Å². The summed E-state index contributed by atoms with van der Waals surface area (Å²) in [4.78, 5) is -0.168. The SMILES string of the molecule is Cc1cc(S(=O)(=O)[O-])cc2ccccc12.[Na+]. The molecule has 0 radical (unpaired) electrons. The number of benzene rings is 2. The van der Waals surface area contributed by atoms with Gasteiger partial charge in [-0.1, -0.05) is 24.3 Å². The molecule has 0 aliphatic carbocycles. The molecule has 0 amide bonds. The van der Waals surface area contributed by atoms with Gasteiger partial charge in [-0.2, -0.15) is 0 Å². The van der Waals surface area contributed by atoms with E-state index < -0.39 is 10.1 Å². The molecule has 0 fully saturated rings. The maximum absolute atomic E-state index is 10.9. The van der Waals surface area contributed by atoms with Crippen LogP contribution >= 0.6 is 0 Å². The second-order valence-electron chi connectivity index (χ2n) is 3.42. The number of aryl methyl sites for hydroxylation is 1. The van der Waals surface area contributed by atoms with E-state index in [9.17, 15) is 13.0 Å². The molecule has 0 atom stereocenters. The Bertz CT molecular complexity index is 620. The molecular formula is C11H9NaO3S. The summed E-state index contributed by atoms with van der Waals surface area (Å²) in [6.45, 7) is 1.79. The second kappa shape index (κ2) is 4.85. The first-order valence-corrected chi connectivity index (χ1v) is 5.84. The summed E-state index contributed by atoms with van der Waals surface area (Å²) in [5.74, 6) is 0. The quantitative estimate of drug-likeness (QED) is 0.480. The Morgan fingerprint density at radius 3 is 2.38 bits per heavy atom. The molecule has 2 rings (SSSR count). The molecule has 78 valence electrons. The predicted octanol–water partition coefficient (Wildman–Crippen LogP) is -0.944. The van der Waals surface area contributed by atoms with Gasteiger partial charge in [-0.3, -0.25) is 0 Å². The van der Waals surface area contributed by atoms with Crippen LogP contribution in [0.5, 0.6) is 0 Å². The Balaban J connectivity index is 0.00000128. The minimum atomic E-state index is -4.37. The molecule has 0 bridgehead atoms. The van der Waals surface area contributed by atoms with Gasteiger partial charge in [0.05, 0.1) is 4.90 Å². The Kier molecular flexibility index (Phi) is 4.15. The number of rotatable bonds is 1. The van der Waals surface area contributed by atoms with Crippen LogP contribution in [0.3, 0.4) is 0 Å². The van der Waals surface area contributed by atoms with Crippen LogP contribution < -0.4 is 29.6 Å². The average Bonchev–Trinajstić information content (AvgIpc) is 2.16. The number of hydrogen-bond acceptors (Lipinski definition) is 3. The third-order valence-electron chi connectivity index (χ3n) is 2.33. The summed E-state index contributed by atoms with van der Waals surface area (Å²) < 4.78 is 32.6. The molecule has 0 aliphatic rings. The van der Waals surface area contributed by atoms with Crippen molar-refractivity contribution < 1.29 is 42.5 Å². The van der Waals surface area contributed by atoms with E-state index in [0.717, 1.165) is 16.3 Å². The summed E-state index contributed by atoms with van der Waals surface area (Å²) in [6, 6.07) is 10.2. The van der Waals surface area contributed by atoms with Crippen molar-refractivity contribution in [2.75, 3.05) is 0 Å². The largest absolute Gasteiger partial charge is 1.00 e. The summed E-state index contributed by atoms with van der Waals surface area (Å²) >= 11 is 0. The maximum atomic E-state index is 10.9. The van der Waals surface area contributed by atoms with E-state index in [1.54, 1.807) is 13.0 Å². The van der Waals surface area contributed by atoms with Gasteiger partial charge in [0, 0.05) is 0 Å². The first-order valence-electron chi connectivity index (χ1n) is 4.44. The fourth-order valence-electron chi connectivity index (χ4n) is 1.61. The van der Waals surface area contributed by atoms with Crippen LogP contribution in [0, 0.1) is 6.92 Å². The van der Waals surface area contributed by atoms with Crippen molar-refractivity contribution in [1.29, 1.82) is 0 Å². The van der Waals surface area contributed by atoms with E-state index in [-0.39, 0.29) is 34.5 Å². The summed E-state index contributed by atoms with van der Waals surface area (Å²) in [5.41, 5.74) is 0.794. The van der Waals surface area contributed by atoms with Crippen LogP contribution in [-0.4, -0.2) is 13.0 Å². The van der Waals surface area contributed by atoms with Crippen molar-refractivity contribution in [1.82, 2.24) is 0 Å². The van der Waals surface area contributed by atoms with Crippen LogP contribution in [0.15, 0.2) is 41.3 Å². The smallest absolute Gasteiger partial charge is 0.744 e. The minimum Gasteiger partial charge on any atom is -0.744 e. The van der Waals surface area contributed by atoms with Gasteiger partial charge in [0.15, 0.2) is 0 Å². The summed E-state index contributed by atoms with van der Waals surface area (Å²) in [6.07, 6.45) is 0. The normalized spacial score (nSPS) is 11.1. The molecule has 0 saturated heterocycles. The Morgan fingerprint density at radius 1 is 1.12 bits per heavy atom. The van der Waals surface area contributed by atoms with Gasteiger partial charge in [-0.25, -0.2) is 8.42 Å². The van der Waals surface area contributed by atoms with E-state index in [2.05, 4.69) is 0 Å². The van der Waals surface area contributed by atoms with Crippen LogP contribution in [0.2, 0.25) is 0 Å². The molecule has 0 heterocycles. The van der Waals surface area contributed by atoms with E-state index >= 15 is 0 Å². The maximum Gasteiger partial charge on any atom is 1.00 e. The van der Waals surface area contributed by atoms with Gasteiger partial charge in [0.2, 0.25) is 0 Å². The van der Waals surface area contributed by atoms with Crippen molar-refractivity contribution in [2.24, 2.45) is 0 Å². The fraction of sp³-hybridized carbons (Fsp3) is 0.0909. The third-order valence-corrected chi connectivity index (χ3v) is 3.14. The van der Waals surface area contributed by atoms with Crippen LogP contribution in [-0.2, 0) is 10.1 Å². The molecule has 0 spiro atoms. The first kappa shape index (κ1) is 13.7. The molecule has 5 heteroatoms. The summed E-state index contributed by atoms with van der Waals surface area (Å²) in [7, 11) is -4.37. The third kappa shape index (κ3) is 2.64. The molecule has 0 N–H and O–H groups in total. The van der Waals surface area contributed by atoms with Crippen molar-refractivity contribution in [2.45, 2.75) is 11.8 Å². The molecule has 0 saturated carbocycles. The Morgan fingerprint density at radius 2 is 1.75 bits per heavy atom. The van der Waals surface area contributed by atoms with Gasteiger partial charge >= 0.3 is 29.6 Å². The van der Waals surface area contributed by atoms with Gasteiger partial charge in [-0.05, 0) is 35.4 Å². The summed E-state index contributed by atoms with van der Waals surface area (Å²) in [5, 5.41) is 1.73. The number of fused-ring (bicyclic) bond motifs is 1. The van der Waals surface area contributed by atoms with E-state index in [4.69, 9.17) is 0 Å². The molecule has 0 aliphatic heterocycles. The second-order valence-corrected chi connectivity index (χ2v) is 4.80. The molecular weight excluding hydrogens is 235 g/mol. The molecule has 2 aromatic carbocycles. The van der Waals surface area contributed by atoms with Gasteiger partial charge in [-0.15, -0.1) is 0 Å². The molecule has 16 heavy (non-hydrogen) atoms. The number of hydrogen-bond donors (Lipinski definition) is 0. The van der Waals surface area contributed by atoms with E-state index in [0.29, 0.717) is 0 Å². The average molecular weight is 244 g/mol. The Labute approximate surface area is 117 Å². The van der Waals surface area contributed by atoms with Crippen molar-refractivity contribution in [3.05, 3.63) is 42.0 Å². The first-order chi connectivity index (χ1) is 6.98. The van der Waals surface area contributed by atoms with Crippen molar-refractivity contribution in [3.63, 3.8) is 0 Å². The van der Waals surface area contributed by atoms with Crippen LogP contribution in [0.4, 0.5) is 0 Å².